The molecular weight excluding hydrogens is 300 g/mol. The number of nitrogens with one attached hydrogen (secondary N) is 2. The second kappa shape index (κ2) is 5.13. The predicted octanol–water partition coefficient (Wildman–Crippen LogP) is 4.90. The quantitative estimate of drug-likeness (QED) is 0.516. The monoisotopic (exact) mass is 320 g/mol. The van der Waals surface area contributed by atoms with Gasteiger partial charge in [-0.15, -0.1) is 0 Å². The molecule has 4 aromatic rings. The molecule has 0 amide bonds. The van der Waals surface area contributed by atoms with E-state index in [0.717, 1.165) is 33.1 Å². The van der Waals surface area contributed by atoms with Gasteiger partial charge in [0.15, 0.2) is 0 Å². The molecule has 122 valence electrons. The van der Waals surface area contributed by atoms with Crippen molar-refractivity contribution >= 4 is 38.7 Å². The lowest BCUT2D eigenvalue weighted by molar-refractivity contribution is 0.0520. The van der Waals surface area contributed by atoms with Gasteiger partial charge >= 0.3 is 5.97 Å². The number of hydrogen-bond acceptors (Lipinski definition) is 2. The Morgan fingerprint density at radius 1 is 1.00 bits per heavy atom. The van der Waals surface area contributed by atoms with Gasteiger partial charge in [-0.25, -0.2) is 4.79 Å². The van der Waals surface area contributed by atoms with Crippen LogP contribution < -0.4 is 0 Å². The van der Waals surface area contributed by atoms with Gasteiger partial charge in [0.25, 0.3) is 0 Å². The normalized spacial score (nSPS) is 11.7. The zero-order valence-electron chi connectivity index (χ0n) is 14.3. The Balaban J connectivity index is 2.08. The number of ether oxygens (including phenoxy) is 1. The highest BCUT2D eigenvalue weighted by Crippen LogP contribution is 2.35. The van der Waals surface area contributed by atoms with Gasteiger partial charge < -0.3 is 14.7 Å². The molecule has 0 saturated carbocycles. The standard InChI is InChI=1S/C20H20N2O2/c1-5-24-20(23)19-12(4)17-11(3)18-14(9-16(17)22-19)13-8-10(2)6-7-15(13)21-18/h6-9,21-22H,5H2,1-4H3. The summed E-state index contributed by atoms with van der Waals surface area (Å²) in [6, 6.07) is 8.56. The Hall–Kier alpha value is -2.75. The van der Waals surface area contributed by atoms with E-state index < -0.39 is 0 Å². The lowest BCUT2D eigenvalue weighted by Crippen LogP contribution is -2.06. The topological polar surface area (TPSA) is 57.9 Å². The molecule has 0 radical (unpaired) electrons. The third kappa shape index (κ3) is 1.96. The minimum atomic E-state index is -0.296. The van der Waals surface area contributed by atoms with Crippen LogP contribution >= 0.6 is 0 Å². The fraction of sp³-hybridized carbons (Fsp3) is 0.250. The zero-order chi connectivity index (χ0) is 17.0. The van der Waals surface area contributed by atoms with Gasteiger partial charge in [0.2, 0.25) is 0 Å². The van der Waals surface area contributed by atoms with Crippen molar-refractivity contribution in [3.63, 3.8) is 0 Å². The Bertz CT molecular complexity index is 1120. The molecular formula is C20H20N2O2. The maximum atomic E-state index is 12.2. The summed E-state index contributed by atoms with van der Waals surface area (Å²) >= 11 is 0. The molecule has 0 saturated heterocycles. The Kier molecular flexibility index (Phi) is 3.17. The molecule has 2 aromatic heterocycles. The highest BCUT2D eigenvalue weighted by atomic mass is 16.5. The first-order valence-electron chi connectivity index (χ1n) is 8.22. The highest BCUT2D eigenvalue weighted by molar-refractivity contribution is 6.15. The molecule has 0 atom stereocenters. The maximum Gasteiger partial charge on any atom is 0.355 e. The van der Waals surface area contributed by atoms with E-state index in [0.29, 0.717) is 12.3 Å². The fourth-order valence-electron chi connectivity index (χ4n) is 3.66. The third-order valence-electron chi connectivity index (χ3n) is 4.79. The van der Waals surface area contributed by atoms with E-state index in [-0.39, 0.29) is 5.97 Å². The summed E-state index contributed by atoms with van der Waals surface area (Å²) in [6.45, 7) is 8.36. The molecule has 0 aliphatic rings. The summed E-state index contributed by atoms with van der Waals surface area (Å²) in [5.41, 5.74) is 7.11. The molecule has 24 heavy (non-hydrogen) atoms. The summed E-state index contributed by atoms with van der Waals surface area (Å²) in [5.74, 6) is -0.296. The summed E-state index contributed by atoms with van der Waals surface area (Å²) in [7, 11) is 0. The van der Waals surface area contributed by atoms with E-state index >= 15 is 0 Å². The van der Waals surface area contributed by atoms with E-state index in [1.807, 2.05) is 13.8 Å². The van der Waals surface area contributed by atoms with Crippen LogP contribution in [0.25, 0.3) is 32.7 Å². The lowest BCUT2D eigenvalue weighted by atomic mass is 10.0. The van der Waals surface area contributed by atoms with Crippen LogP contribution in [0.1, 0.15) is 34.1 Å². The second-order valence-electron chi connectivity index (χ2n) is 6.37. The van der Waals surface area contributed by atoms with Crippen LogP contribution in [0.15, 0.2) is 24.3 Å². The molecule has 2 N–H and O–H groups in total. The van der Waals surface area contributed by atoms with Gasteiger partial charge in [-0.1, -0.05) is 11.6 Å². The Morgan fingerprint density at radius 3 is 2.54 bits per heavy atom. The Morgan fingerprint density at radius 2 is 1.79 bits per heavy atom. The number of fused-ring (bicyclic) bond motifs is 4. The minimum absolute atomic E-state index is 0.296. The molecule has 0 bridgehead atoms. The third-order valence-corrected chi connectivity index (χ3v) is 4.79. The number of carbonyl (C=O) groups excluding carboxylic acids is 1. The van der Waals surface area contributed by atoms with Crippen molar-refractivity contribution in [2.24, 2.45) is 0 Å². The molecule has 0 spiro atoms. The van der Waals surface area contributed by atoms with Gasteiger partial charge in [-0.3, -0.25) is 0 Å². The number of benzene rings is 2. The summed E-state index contributed by atoms with van der Waals surface area (Å²) < 4.78 is 5.17. The van der Waals surface area contributed by atoms with Crippen LogP contribution in [0.4, 0.5) is 0 Å². The lowest BCUT2D eigenvalue weighted by Gasteiger charge is -2.02. The summed E-state index contributed by atoms with van der Waals surface area (Å²) in [4.78, 5) is 19.0. The van der Waals surface area contributed by atoms with Crippen molar-refractivity contribution in [2.75, 3.05) is 6.61 Å². The van der Waals surface area contributed by atoms with E-state index in [4.69, 9.17) is 4.74 Å². The van der Waals surface area contributed by atoms with Crippen molar-refractivity contribution < 1.29 is 9.53 Å². The number of carbonyl (C=O) groups is 1. The molecule has 2 aromatic carbocycles. The smallest absolute Gasteiger partial charge is 0.355 e. The average molecular weight is 320 g/mol. The fourth-order valence-corrected chi connectivity index (χ4v) is 3.66. The van der Waals surface area contributed by atoms with Crippen LogP contribution in [0, 0.1) is 20.8 Å². The average Bonchev–Trinajstić information content (AvgIpc) is 3.07. The van der Waals surface area contributed by atoms with E-state index in [1.165, 1.54) is 16.3 Å². The first-order chi connectivity index (χ1) is 11.5. The van der Waals surface area contributed by atoms with Crippen molar-refractivity contribution in [3.8, 4) is 0 Å². The Labute approximate surface area is 139 Å². The van der Waals surface area contributed by atoms with Crippen LogP contribution in [0.2, 0.25) is 0 Å². The van der Waals surface area contributed by atoms with Gasteiger partial charge in [0, 0.05) is 27.2 Å². The largest absolute Gasteiger partial charge is 0.461 e. The highest BCUT2D eigenvalue weighted by Gasteiger charge is 2.19. The van der Waals surface area contributed by atoms with Gasteiger partial charge in [-0.05, 0) is 57.0 Å². The van der Waals surface area contributed by atoms with Crippen molar-refractivity contribution in [3.05, 3.63) is 46.6 Å². The molecule has 0 unspecified atom stereocenters. The first kappa shape index (κ1) is 14.8. The molecule has 2 heterocycles. The summed E-state index contributed by atoms with van der Waals surface area (Å²) in [6.07, 6.45) is 0. The molecule has 4 nitrogen and oxygen atoms in total. The van der Waals surface area contributed by atoms with Crippen LogP contribution in [0.3, 0.4) is 0 Å². The molecule has 4 heteroatoms. The molecule has 4 rings (SSSR count). The number of aromatic amines is 2. The van der Waals surface area contributed by atoms with Gasteiger partial charge in [-0.2, -0.15) is 0 Å². The number of aromatic nitrogens is 2. The van der Waals surface area contributed by atoms with E-state index in [1.54, 1.807) is 0 Å². The number of rotatable bonds is 2. The maximum absolute atomic E-state index is 12.2. The predicted molar refractivity (Wildman–Crippen MR) is 97.8 cm³/mol. The van der Waals surface area contributed by atoms with Gasteiger partial charge in [0.1, 0.15) is 5.69 Å². The molecule has 0 aliphatic carbocycles. The molecule has 0 fully saturated rings. The van der Waals surface area contributed by atoms with Crippen molar-refractivity contribution in [1.82, 2.24) is 9.97 Å². The van der Waals surface area contributed by atoms with Crippen LogP contribution in [-0.2, 0) is 4.74 Å². The van der Waals surface area contributed by atoms with Crippen LogP contribution in [0.5, 0.6) is 0 Å². The van der Waals surface area contributed by atoms with Crippen molar-refractivity contribution in [1.29, 1.82) is 0 Å². The summed E-state index contributed by atoms with van der Waals surface area (Å²) in [5, 5.41) is 3.48. The van der Waals surface area contributed by atoms with E-state index in [9.17, 15) is 4.79 Å². The number of hydrogen-bond donors (Lipinski definition) is 2. The van der Waals surface area contributed by atoms with Crippen LogP contribution in [-0.4, -0.2) is 22.5 Å². The van der Waals surface area contributed by atoms with Crippen molar-refractivity contribution in [2.45, 2.75) is 27.7 Å². The van der Waals surface area contributed by atoms with E-state index in [2.05, 4.69) is 48.1 Å². The van der Waals surface area contributed by atoms with Gasteiger partial charge in [0.05, 0.1) is 12.1 Å². The first-order valence-corrected chi connectivity index (χ1v) is 8.22. The SMILES string of the molecule is CCOC(=O)c1[nH]c2cc3c([nH]c4ccc(C)cc43)c(C)c2c1C. The minimum Gasteiger partial charge on any atom is -0.461 e. The number of esters is 1. The zero-order valence-corrected chi connectivity index (χ0v) is 14.3. The number of H-pyrrole nitrogens is 2. The number of aryl methyl sites for hydroxylation is 3. The molecule has 0 aliphatic heterocycles. The second-order valence-corrected chi connectivity index (χ2v) is 6.37.